The highest BCUT2D eigenvalue weighted by molar-refractivity contribution is 5.95. The van der Waals surface area contributed by atoms with Gasteiger partial charge in [-0.3, -0.25) is 4.79 Å². The number of nitrogens with two attached hydrogens (primary N) is 1. The highest BCUT2D eigenvalue weighted by Gasteiger charge is 2.41. The van der Waals surface area contributed by atoms with E-state index >= 15 is 0 Å². The van der Waals surface area contributed by atoms with Gasteiger partial charge >= 0.3 is 0 Å². The lowest BCUT2D eigenvalue weighted by molar-refractivity contribution is 0.0943. The van der Waals surface area contributed by atoms with Crippen molar-refractivity contribution in [3.63, 3.8) is 0 Å². The lowest BCUT2D eigenvalue weighted by Gasteiger charge is -2.15. The third-order valence-corrected chi connectivity index (χ3v) is 4.08. The normalized spacial score (nSPS) is 16.2. The van der Waals surface area contributed by atoms with Gasteiger partial charge in [-0.2, -0.15) is 0 Å². The van der Waals surface area contributed by atoms with Gasteiger partial charge in [-0.1, -0.05) is 27.2 Å². The van der Waals surface area contributed by atoms with Crippen molar-refractivity contribution in [2.75, 3.05) is 12.3 Å². The molecule has 1 aromatic rings. The monoisotopic (exact) mass is 275 g/mol. The van der Waals surface area contributed by atoms with Crippen LogP contribution in [0.25, 0.3) is 0 Å². The average Bonchev–Trinajstić information content (AvgIpc) is 3.16. The SMILES string of the molecule is CCCC1(CNC(=O)c2cc(N)nc(C(C)C)c2)CC1. The van der Waals surface area contributed by atoms with Crippen LogP contribution < -0.4 is 11.1 Å². The second kappa shape index (κ2) is 5.81. The summed E-state index contributed by atoms with van der Waals surface area (Å²) < 4.78 is 0. The molecule has 1 fully saturated rings. The fraction of sp³-hybridized carbons (Fsp3) is 0.625. The number of hydrogen-bond acceptors (Lipinski definition) is 3. The Balaban J connectivity index is 2.02. The molecule has 1 amide bonds. The van der Waals surface area contributed by atoms with Crippen LogP contribution in [0.2, 0.25) is 0 Å². The molecule has 1 aliphatic carbocycles. The van der Waals surface area contributed by atoms with Crippen LogP contribution in [0.3, 0.4) is 0 Å². The number of pyridine rings is 1. The molecule has 4 heteroatoms. The molecule has 1 aromatic heterocycles. The van der Waals surface area contributed by atoms with Crippen LogP contribution in [0.15, 0.2) is 12.1 Å². The number of carbonyl (C=O) groups excluding carboxylic acids is 1. The first-order valence-electron chi connectivity index (χ1n) is 7.51. The summed E-state index contributed by atoms with van der Waals surface area (Å²) >= 11 is 0. The van der Waals surface area contributed by atoms with Gasteiger partial charge in [-0.15, -0.1) is 0 Å². The molecular weight excluding hydrogens is 250 g/mol. The van der Waals surface area contributed by atoms with Crippen LogP contribution in [-0.2, 0) is 0 Å². The zero-order valence-corrected chi connectivity index (χ0v) is 12.7. The summed E-state index contributed by atoms with van der Waals surface area (Å²) in [6.45, 7) is 7.06. The summed E-state index contributed by atoms with van der Waals surface area (Å²) in [5.74, 6) is 0.638. The van der Waals surface area contributed by atoms with E-state index in [1.807, 2.05) is 19.9 Å². The second-order valence-electron chi connectivity index (χ2n) is 6.29. The summed E-state index contributed by atoms with van der Waals surface area (Å²) in [4.78, 5) is 16.5. The number of hydrogen-bond donors (Lipinski definition) is 2. The van der Waals surface area contributed by atoms with Crippen molar-refractivity contribution >= 4 is 11.7 Å². The van der Waals surface area contributed by atoms with Gasteiger partial charge in [0, 0.05) is 17.8 Å². The fourth-order valence-corrected chi connectivity index (χ4v) is 2.59. The Morgan fingerprint density at radius 2 is 2.15 bits per heavy atom. The Kier molecular flexibility index (Phi) is 4.31. The van der Waals surface area contributed by atoms with Crippen molar-refractivity contribution in [1.82, 2.24) is 10.3 Å². The van der Waals surface area contributed by atoms with Crippen molar-refractivity contribution in [1.29, 1.82) is 0 Å². The molecule has 0 saturated heterocycles. The molecule has 0 unspecified atom stereocenters. The van der Waals surface area contributed by atoms with Crippen LogP contribution in [-0.4, -0.2) is 17.4 Å². The average molecular weight is 275 g/mol. The van der Waals surface area contributed by atoms with Crippen LogP contribution in [0.1, 0.15) is 68.4 Å². The van der Waals surface area contributed by atoms with E-state index in [0.717, 1.165) is 12.2 Å². The minimum atomic E-state index is -0.0385. The van der Waals surface area contributed by atoms with Gasteiger partial charge in [-0.25, -0.2) is 4.98 Å². The van der Waals surface area contributed by atoms with Gasteiger partial charge in [0.15, 0.2) is 0 Å². The van der Waals surface area contributed by atoms with E-state index in [1.165, 1.54) is 25.7 Å². The minimum absolute atomic E-state index is 0.0385. The number of nitrogens with zero attached hydrogens (tertiary/aromatic N) is 1. The summed E-state index contributed by atoms with van der Waals surface area (Å²) in [7, 11) is 0. The first kappa shape index (κ1) is 14.8. The molecule has 0 aromatic carbocycles. The Morgan fingerprint density at radius 3 is 2.70 bits per heavy atom. The van der Waals surface area contributed by atoms with Crippen LogP contribution in [0.4, 0.5) is 5.82 Å². The number of aromatic nitrogens is 1. The van der Waals surface area contributed by atoms with Crippen molar-refractivity contribution < 1.29 is 4.79 Å². The maximum atomic E-state index is 12.3. The van der Waals surface area contributed by atoms with E-state index in [-0.39, 0.29) is 11.8 Å². The van der Waals surface area contributed by atoms with E-state index in [1.54, 1.807) is 6.07 Å². The van der Waals surface area contributed by atoms with E-state index in [4.69, 9.17) is 5.73 Å². The number of nitrogen functional groups attached to an aromatic ring is 1. The van der Waals surface area contributed by atoms with Crippen LogP contribution >= 0.6 is 0 Å². The minimum Gasteiger partial charge on any atom is -0.384 e. The van der Waals surface area contributed by atoms with Crippen molar-refractivity contribution in [3.8, 4) is 0 Å². The molecule has 110 valence electrons. The Hall–Kier alpha value is -1.58. The summed E-state index contributed by atoms with van der Waals surface area (Å²) in [5, 5.41) is 3.06. The molecule has 2 rings (SSSR count). The molecule has 20 heavy (non-hydrogen) atoms. The van der Waals surface area contributed by atoms with Gasteiger partial charge in [0.25, 0.3) is 5.91 Å². The Labute approximate surface area is 121 Å². The van der Waals surface area contributed by atoms with Crippen LogP contribution in [0, 0.1) is 5.41 Å². The first-order valence-corrected chi connectivity index (χ1v) is 7.51. The summed E-state index contributed by atoms with van der Waals surface area (Å²) in [6, 6.07) is 3.50. The first-order chi connectivity index (χ1) is 9.46. The lowest BCUT2D eigenvalue weighted by Crippen LogP contribution is -2.30. The number of nitrogens with one attached hydrogen (secondary N) is 1. The zero-order chi connectivity index (χ0) is 14.8. The predicted molar refractivity (Wildman–Crippen MR) is 81.6 cm³/mol. The molecule has 3 N–H and O–H groups in total. The van der Waals surface area contributed by atoms with Gasteiger partial charge in [0.1, 0.15) is 5.82 Å². The zero-order valence-electron chi connectivity index (χ0n) is 12.7. The third-order valence-electron chi connectivity index (χ3n) is 4.08. The molecule has 0 aliphatic heterocycles. The highest BCUT2D eigenvalue weighted by atomic mass is 16.1. The smallest absolute Gasteiger partial charge is 0.251 e. The van der Waals surface area contributed by atoms with Crippen molar-refractivity contribution in [2.24, 2.45) is 5.41 Å². The Bertz CT molecular complexity index is 492. The number of rotatable bonds is 6. The maximum Gasteiger partial charge on any atom is 0.251 e. The molecule has 0 atom stereocenters. The molecule has 1 saturated carbocycles. The number of carbonyl (C=O) groups is 1. The van der Waals surface area contributed by atoms with E-state index in [0.29, 0.717) is 16.8 Å². The lowest BCUT2D eigenvalue weighted by atomic mass is 10.0. The highest BCUT2D eigenvalue weighted by Crippen LogP contribution is 2.48. The summed E-state index contributed by atoms with van der Waals surface area (Å²) in [6.07, 6.45) is 4.84. The topological polar surface area (TPSA) is 68.0 Å². The molecule has 1 aliphatic rings. The van der Waals surface area contributed by atoms with E-state index in [9.17, 15) is 4.79 Å². The van der Waals surface area contributed by atoms with E-state index in [2.05, 4.69) is 17.2 Å². The largest absolute Gasteiger partial charge is 0.384 e. The standard InChI is InChI=1S/C16H25N3O/c1-4-5-16(6-7-16)10-18-15(20)12-8-13(11(2)3)19-14(17)9-12/h8-9,11H,4-7,10H2,1-3H3,(H2,17,19)(H,18,20). The van der Waals surface area contributed by atoms with Gasteiger partial charge < -0.3 is 11.1 Å². The quantitative estimate of drug-likeness (QED) is 0.838. The number of amides is 1. The van der Waals surface area contributed by atoms with Crippen LogP contribution in [0.5, 0.6) is 0 Å². The molecule has 0 spiro atoms. The third kappa shape index (κ3) is 3.50. The summed E-state index contributed by atoms with van der Waals surface area (Å²) in [5.41, 5.74) is 7.64. The van der Waals surface area contributed by atoms with Crippen molar-refractivity contribution in [2.45, 2.75) is 52.4 Å². The fourth-order valence-electron chi connectivity index (χ4n) is 2.59. The molecule has 0 radical (unpaired) electrons. The van der Waals surface area contributed by atoms with E-state index < -0.39 is 0 Å². The molecule has 1 heterocycles. The van der Waals surface area contributed by atoms with Gasteiger partial charge in [0.2, 0.25) is 0 Å². The molecule has 4 nitrogen and oxygen atoms in total. The predicted octanol–water partition coefficient (Wildman–Crippen LogP) is 3.10. The van der Waals surface area contributed by atoms with Gasteiger partial charge in [0.05, 0.1) is 0 Å². The second-order valence-corrected chi connectivity index (χ2v) is 6.29. The number of anilines is 1. The van der Waals surface area contributed by atoms with Crippen molar-refractivity contribution in [3.05, 3.63) is 23.4 Å². The Morgan fingerprint density at radius 1 is 1.45 bits per heavy atom. The molecule has 0 bridgehead atoms. The maximum absolute atomic E-state index is 12.3. The molecular formula is C16H25N3O. The van der Waals surface area contributed by atoms with Gasteiger partial charge in [-0.05, 0) is 42.7 Å².